The van der Waals surface area contributed by atoms with Gasteiger partial charge in [0.15, 0.2) is 5.43 Å². The second-order valence-corrected chi connectivity index (χ2v) is 10.3. The van der Waals surface area contributed by atoms with Crippen LogP contribution < -0.4 is 15.2 Å². The maximum absolute atomic E-state index is 13.8. The van der Waals surface area contributed by atoms with Gasteiger partial charge in [0.05, 0.1) is 0 Å². The Kier molecular flexibility index (Phi) is 3.44. The molecule has 0 amide bonds. The third kappa shape index (κ3) is 2.21. The van der Waals surface area contributed by atoms with E-state index in [2.05, 4.69) is 21.9 Å². The molecule has 0 spiro atoms. The number of hydrogen-bond acceptors (Lipinski definition) is 4. The molecule has 0 unspecified atom stereocenters. The molecule has 0 atom stereocenters. The number of anilines is 2. The quantitative estimate of drug-likeness (QED) is 0.504. The van der Waals surface area contributed by atoms with E-state index in [-0.39, 0.29) is 5.43 Å². The van der Waals surface area contributed by atoms with Crippen molar-refractivity contribution in [1.82, 2.24) is 0 Å². The van der Waals surface area contributed by atoms with E-state index in [0.717, 1.165) is 36.5 Å². The molecule has 4 heteroatoms. The van der Waals surface area contributed by atoms with Crippen molar-refractivity contribution in [3.05, 3.63) is 44.6 Å². The van der Waals surface area contributed by atoms with E-state index >= 15 is 0 Å². The molecule has 7 rings (SSSR count). The van der Waals surface area contributed by atoms with Gasteiger partial charge in [-0.2, -0.15) is 0 Å². The SMILES string of the molecule is O=c1c2cc3c4c(c2sc2c5c6c(cc12)CCCN6CCC5)CCCN4CCC3. The smallest absolute Gasteiger partial charge is 0.195 e. The Morgan fingerprint density at radius 2 is 1.10 bits per heavy atom. The van der Waals surface area contributed by atoms with E-state index in [1.807, 2.05) is 11.3 Å². The fourth-order valence-corrected chi connectivity index (χ4v) is 7.85. The van der Waals surface area contributed by atoms with E-state index in [9.17, 15) is 4.79 Å². The van der Waals surface area contributed by atoms with Gasteiger partial charge in [-0.1, -0.05) is 0 Å². The molecule has 148 valence electrons. The van der Waals surface area contributed by atoms with Gasteiger partial charge in [0, 0.05) is 57.7 Å². The molecule has 3 aromatic rings. The summed E-state index contributed by atoms with van der Waals surface area (Å²) < 4.78 is 2.58. The van der Waals surface area contributed by atoms with Crippen molar-refractivity contribution in [2.45, 2.75) is 51.4 Å². The van der Waals surface area contributed by atoms with Crippen molar-refractivity contribution in [3.8, 4) is 0 Å². The fourth-order valence-electron chi connectivity index (χ4n) is 6.48. The summed E-state index contributed by atoms with van der Waals surface area (Å²) in [5, 5.41) is 1.99. The molecule has 0 saturated carbocycles. The molecule has 0 aliphatic carbocycles. The molecular formula is C25H26N2OS. The second-order valence-electron chi connectivity index (χ2n) is 9.30. The molecule has 3 nitrogen and oxygen atoms in total. The molecule has 5 heterocycles. The maximum atomic E-state index is 13.8. The van der Waals surface area contributed by atoms with Crippen LogP contribution in [0.2, 0.25) is 0 Å². The normalized spacial score (nSPS) is 20.1. The van der Waals surface area contributed by atoms with Crippen molar-refractivity contribution in [1.29, 1.82) is 0 Å². The van der Waals surface area contributed by atoms with Crippen LogP contribution in [0.5, 0.6) is 0 Å². The summed E-state index contributed by atoms with van der Waals surface area (Å²) >= 11 is 1.93. The van der Waals surface area contributed by atoms with Crippen LogP contribution >= 0.6 is 11.3 Å². The maximum Gasteiger partial charge on any atom is 0.195 e. The molecule has 1 aromatic heterocycles. The Bertz CT molecular complexity index is 1160. The van der Waals surface area contributed by atoms with E-state index < -0.39 is 0 Å². The fraction of sp³-hybridized carbons (Fsp3) is 0.480. The molecular weight excluding hydrogens is 376 g/mol. The zero-order valence-corrected chi connectivity index (χ0v) is 17.7. The first-order valence-corrected chi connectivity index (χ1v) is 12.2. The van der Waals surface area contributed by atoms with Gasteiger partial charge in [-0.15, -0.1) is 11.3 Å². The van der Waals surface area contributed by atoms with Gasteiger partial charge in [0.25, 0.3) is 0 Å². The number of fused-ring (bicyclic) bond motifs is 4. The topological polar surface area (TPSA) is 23.6 Å². The molecule has 0 N–H and O–H groups in total. The molecule has 4 aliphatic rings. The lowest BCUT2D eigenvalue weighted by molar-refractivity contribution is 0.637. The summed E-state index contributed by atoms with van der Waals surface area (Å²) in [7, 11) is 0. The summed E-state index contributed by atoms with van der Waals surface area (Å²) in [4.78, 5) is 19.0. The van der Waals surface area contributed by atoms with Crippen molar-refractivity contribution < 1.29 is 0 Å². The average Bonchev–Trinajstić information content (AvgIpc) is 2.76. The van der Waals surface area contributed by atoms with Crippen molar-refractivity contribution in [2.75, 3.05) is 36.0 Å². The number of hydrogen-bond donors (Lipinski definition) is 0. The van der Waals surface area contributed by atoms with Gasteiger partial charge < -0.3 is 9.80 Å². The van der Waals surface area contributed by atoms with Crippen LogP contribution in [0.3, 0.4) is 0 Å². The monoisotopic (exact) mass is 402 g/mol. The first kappa shape index (κ1) is 16.7. The lowest BCUT2D eigenvalue weighted by Crippen LogP contribution is -2.35. The Hall–Kier alpha value is -2.07. The summed E-state index contributed by atoms with van der Waals surface area (Å²) in [6.45, 7) is 4.73. The van der Waals surface area contributed by atoms with Gasteiger partial charge >= 0.3 is 0 Å². The first-order chi connectivity index (χ1) is 14.3. The van der Waals surface area contributed by atoms with Crippen molar-refractivity contribution in [3.63, 3.8) is 0 Å². The van der Waals surface area contributed by atoms with E-state index in [0.29, 0.717) is 0 Å². The molecule has 0 saturated heterocycles. The highest BCUT2D eigenvalue weighted by Crippen LogP contribution is 2.45. The predicted octanol–water partition coefficient (Wildman–Crippen LogP) is 4.81. The van der Waals surface area contributed by atoms with Gasteiger partial charge in [0.2, 0.25) is 0 Å². The highest BCUT2D eigenvalue weighted by molar-refractivity contribution is 7.25. The van der Waals surface area contributed by atoms with Gasteiger partial charge in [-0.05, 0) is 85.8 Å². The molecule has 0 radical (unpaired) electrons. The van der Waals surface area contributed by atoms with Crippen molar-refractivity contribution >= 4 is 42.9 Å². The summed E-state index contributed by atoms with van der Waals surface area (Å²) in [6, 6.07) is 4.53. The minimum atomic E-state index is 0.289. The van der Waals surface area contributed by atoms with Crippen LogP contribution in [0, 0.1) is 0 Å². The third-order valence-corrected chi connectivity index (χ3v) is 8.98. The minimum absolute atomic E-state index is 0.289. The van der Waals surface area contributed by atoms with Crippen LogP contribution in [0.15, 0.2) is 16.9 Å². The summed E-state index contributed by atoms with van der Waals surface area (Å²) in [5.41, 5.74) is 9.06. The predicted molar refractivity (Wildman–Crippen MR) is 123 cm³/mol. The van der Waals surface area contributed by atoms with Gasteiger partial charge in [0.1, 0.15) is 0 Å². The lowest BCUT2D eigenvalue weighted by atomic mass is 9.89. The van der Waals surface area contributed by atoms with Crippen LogP contribution in [0.1, 0.15) is 47.9 Å². The van der Waals surface area contributed by atoms with Crippen LogP contribution in [-0.4, -0.2) is 26.2 Å². The van der Waals surface area contributed by atoms with Crippen LogP contribution in [0.4, 0.5) is 11.4 Å². The first-order valence-electron chi connectivity index (χ1n) is 11.4. The molecule has 29 heavy (non-hydrogen) atoms. The number of benzene rings is 2. The average molecular weight is 403 g/mol. The Labute approximate surface area is 174 Å². The Morgan fingerprint density at radius 3 is 1.59 bits per heavy atom. The Balaban J connectivity index is 1.62. The number of rotatable bonds is 0. The Morgan fingerprint density at radius 1 is 0.655 bits per heavy atom. The number of aryl methyl sites for hydroxylation is 4. The molecule has 0 fully saturated rings. The van der Waals surface area contributed by atoms with E-state index in [1.165, 1.54) is 94.9 Å². The summed E-state index contributed by atoms with van der Waals surface area (Å²) in [6.07, 6.45) is 9.38. The molecule has 0 bridgehead atoms. The van der Waals surface area contributed by atoms with Crippen LogP contribution in [0.25, 0.3) is 20.2 Å². The molecule has 4 aliphatic heterocycles. The highest BCUT2D eigenvalue weighted by atomic mass is 32.1. The van der Waals surface area contributed by atoms with Crippen molar-refractivity contribution in [2.24, 2.45) is 0 Å². The van der Waals surface area contributed by atoms with Gasteiger partial charge in [-0.3, -0.25) is 4.79 Å². The lowest BCUT2D eigenvalue weighted by Gasteiger charge is -2.38. The van der Waals surface area contributed by atoms with E-state index in [4.69, 9.17) is 0 Å². The van der Waals surface area contributed by atoms with E-state index in [1.54, 1.807) is 0 Å². The summed E-state index contributed by atoms with van der Waals surface area (Å²) in [5.74, 6) is 0. The zero-order chi connectivity index (χ0) is 19.1. The zero-order valence-electron chi connectivity index (χ0n) is 16.9. The van der Waals surface area contributed by atoms with Gasteiger partial charge in [-0.25, -0.2) is 0 Å². The van der Waals surface area contributed by atoms with Crippen LogP contribution in [-0.2, 0) is 25.7 Å². The third-order valence-electron chi connectivity index (χ3n) is 7.64. The number of nitrogens with zero attached hydrogens (tertiary/aromatic N) is 2. The largest absolute Gasteiger partial charge is 0.371 e. The minimum Gasteiger partial charge on any atom is -0.371 e. The second kappa shape index (κ2) is 5.98. The highest BCUT2D eigenvalue weighted by Gasteiger charge is 2.30. The molecule has 2 aromatic carbocycles. The standard InChI is InChI=1S/C25H26N2OS/c28-23-19-13-15-5-1-9-26-11-3-7-17(21(15)26)24(19)29-25-18-8-4-12-27-10-2-6-16(22(18)27)14-20(23)25/h13-14H,1-12H2.